The van der Waals surface area contributed by atoms with E-state index >= 15 is 0 Å². The highest BCUT2D eigenvalue weighted by Crippen LogP contribution is 2.70. The van der Waals surface area contributed by atoms with Crippen molar-refractivity contribution in [2.75, 3.05) is 0 Å². The van der Waals surface area contributed by atoms with Gasteiger partial charge in [-0.05, 0) is 6.92 Å². The lowest BCUT2D eigenvalue weighted by atomic mass is 9.72. The third kappa shape index (κ3) is 5.65. The molecule has 30 N–H and O–H groups in total. The first-order chi connectivity index (χ1) is 38.1. The second-order valence-corrected chi connectivity index (χ2v) is 18.9. The molecular weight excluding hydrogens is 1110 g/mol. The average Bonchev–Trinajstić information content (AvgIpc) is 1.09. The molecule has 82 heavy (non-hydrogen) atoms. The van der Waals surface area contributed by atoms with Gasteiger partial charge in [-0.3, -0.25) is 0 Å². The summed E-state index contributed by atoms with van der Waals surface area (Å²) in [5, 5.41) is 329. The Morgan fingerprint density at radius 1 is 0.244 bits per heavy atom. The van der Waals surface area contributed by atoms with Crippen molar-refractivity contribution in [3.05, 3.63) is 16.9 Å². The van der Waals surface area contributed by atoms with Gasteiger partial charge >= 0.3 is 0 Å². The van der Waals surface area contributed by atoms with Crippen LogP contribution in [0.4, 0.5) is 0 Å². The molecule has 2 atom stereocenters. The van der Waals surface area contributed by atoms with Crippen LogP contribution >= 0.6 is 0 Å². The fraction of sp³-hybridized carbons (Fsp3) is 0.0588. The molecular formula is C51H34O31. The van der Waals surface area contributed by atoms with Gasteiger partial charge in [-0.1, -0.05) is 0 Å². The van der Waals surface area contributed by atoms with Crippen LogP contribution in [-0.2, 0) is 0 Å². The van der Waals surface area contributed by atoms with Crippen LogP contribution < -0.4 is 0 Å². The van der Waals surface area contributed by atoms with Crippen LogP contribution in [0.25, 0.3) is 104 Å². The van der Waals surface area contributed by atoms with Crippen molar-refractivity contribution >= 4 is 70.8 Å². The Hall–Kier alpha value is -12.1. The molecule has 9 aromatic carbocycles. The van der Waals surface area contributed by atoms with Crippen LogP contribution in [0.2, 0.25) is 0 Å². The Balaban J connectivity index is 1.35. The van der Waals surface area contributed by atoms with Crippen LogP contribution in [0, 0.1) is 0 Å². The van der Waals surface area contributed by atoms with Crippen molar-refractivity contribution in [3.63, 3.8) is 0 Å². The summed E-state index contributed by atoms with van der Waals surface area (Å²) in [5.41, 5.74) is -17.6. The van der Waals surface area contributed by atoms with Gasteiger partial charge in [-0.2, -0.15) is 0 Å². The molecule has 0 amide bonds. The van der Waals surface area contributed by atoms with E-state index in [9.17, 15) is 153 Å². The number of fused-ring (bicyclic) bond motifs is 10. The number of hydrogen-bond acceptors (Lipinski definition) is 31. The van der Waals surface area contributed by atoms with Gasteiger partial charge in [0.1, 0.15) is 17.6 Å². The van der Waals surface area contributed by atoms with Crippen molar-refractivity contribution < 1.29 is 158 Å². The number of aromatic hydroxyl groups is 26. The molecule has 1 heterocycles. The molecule has 0 aliphatic heterocycles. The molecule has 0 saturated heterocycles. The van der Waals surface area contributed by atoms with Crippen LogP contribution in [-0.4, -0.2) is 159 Å². The highest BCUT2D eigenvalue weighted by molar-refractivity contribution is 6.31. The molecule has 1 aromatic heterocycles. The number of benzene rings is 9. The molecule has 31 nitrogen and oxygen atoms in total. The van der Waals surface area contributed by atoms with Gasteiger partial charge in [0.15, 0.2) is 120 Å². The lowest BCUT2D eigenvalue weighted by Crippen LogP contribution is -2.39. The Morgan fingerprint density at radius 2 is 0.500 bits per heavy atom. The molecule has 10 aromatic rings. The first-order valence-electron chi connectivity index (χ1n) is 22.5. The second-order valence-electron chi connectivity index (χ2n) is 18.9. The van der Waals surface area contributed by atoms with Crippen LogP contribution in [0.1, 0.15) is 24.2 Å². The van der Waals surface area contributed by atoms with Gasteiger partial charge in [-0.25, -0.2) is 0 Å². The van der Waals surface area contributed by atoms with Gasteiger partial charge in [0.2, 0.25) is 46.0 Å². The topological polar surface area (TPSA) is 620 Å². The molecule has 1 aliphatic rings. The smallest absolute Gasteiger partial charge is 0.205 e. The van der Waals surface area contributed by atoms with E-state index in [0.29, 0.717) is 6.92 Å². The molecule has 31 heteroatoms. The Bertz CT molecular complexity index is 4790. The van der Waals surface area contributed by atoms with E-state index in [2.05, 4.69) is 0 Å². The minimum Gasteiger partial charge on any atom is -0.506 e. The highest BCUT2D eigenvalue weighted by Gasteiger charge is 2.50. The normalized spacial score (nSPS) is 15.5. The quantitative estimate of drug-likeness (QED) is 0.0619. The van der Waals surface area contributed by atoms with Gasteiger partial charge in [0.25, 0.3) is 0 Å². The minimum absolute atomic E-state index is 0.549. The van der Waals surface area contributed by atoms with E-state index in [-0.39, 0.29) is 0 Å². The summed E-state index contributed by atoms with van der Waals surface area (Å²) in [6.45, 7) is 0.549. The Labute approximate surface area is 445 Å². The zero-order valence-corrected chi connectivity index (χ0v) is 39.9. The zero-order valence-electron chi connectivity index (χ0n) is 39.9. The number of furan rings is 1. The first-order valence-corrected chi connectivity index (χ1v) is 22.5. The predicted molar refractivity (Wildman–Crippen MR) is 271 cm³/mol. The van der Waals surface area contributed by atoms with E-state index < -0.39 is 282 Å². The third-order valence-electron chi connectivity index (χ3n) is 14.7. The maximum Gasteiger partial charge on any atom is 0.205 e. The molecule has 1 aliphatic carbocycles. The fourth-order valence-electron chi connectivity index (χ4n) is 10.8. The summed E-state index contributed by atoms with van der Waals surface area (Å²) < 4.78 is 5.48. The fourth-order valence-corrected chi connectivity index (χ4v) is 10.8. The highest BCUT2D eigenvalue weighted by atomic mass is 16.4. The van der Waals surface area contributed by atoms with Gasteiger partial charge in [-0.15, -0.1) is 0 Å². The molecule has 0 saturated carbocycles. The maximum absolute atomic E-state index is 12.5. The standard InChI is InChI=1S/C51H34O31/c1-51(81)49(79)11-3(13-26(58)32(64)18(33(65)27(13)59)17-20(52)7-8-15(34(66)43(75)41(73)24(8)56)30(62)28(60)14(7)29(61)31(17)63)5-4(22(54)39(71)40(72)23(5)55)2(6(11)38(70)50(51)80)12-21(53)19-10-9-16(35(67)44(76)42(74)25(9)57)37(69)45(77)47(10)82-48(19)46(78)36(12)68/h49,52-81H,1H3. The number of aliphatic hydroxyl groups excluding tert-OH is 3. The van der Waals surface area contributed by atoms with E-state index in [1.807, 2.05) is 0 Å². The van der Waals surface area contributed by atoms with E-state index in [1.165, 1.54) is 0 Å². The lowest BCUT2D eigenvalue weighted by molar-refractivity contribution is -0.0640. The van der Waals surface area contributed by atoms with Crippen LogP contribution in [0.5, 0.6) is 149 Å². The van der Waals surface area contributed by atoms with E-state index in [0.717, 1.165) is 0 Å². The van der Waals surface area contributed by atoms with Crippen LogP contribution in [0.15, 0.2) is 10.2 Å². The van der Waals surface area contributed by atoms with Crippen molar-refractivity contribution in [1.29, 1.82) is 0 Å². The van der Waals surface area contributed by atoms with Crippen LogP contribution in [0.3, 0.4) is 0 Å². The summed E-state index contributed by atoms with van der Waals surface area (Å²) in [6, 6.07) is 0. The molecule has 0 radical (unpaired) electrons. The molecule has 424 valence electrons. The monoisotopic (exact) mass is 1140 g/mol. The van der Waals surface area contributed by atoms with E-state index in [4.69, 9.17) is 4.42 Å². The Kier molecular flexibility index (Phi) is 9.99. The molecule has 0 fully saturated rings. The minimum atomic E-state index is -3.31. The summed E-state index contributed by atoms with van der Waals surface area (Å²) in [7, 11) is 0. The largest absolute Gasteiger partial charge is 0.506 e. The van der Waals surface area contributed by atoms with Gasteiger partial charge in [0, 0.05) is 54.6 Å². The van der Waals surface area contributed by atoms with Crippen molar-refractivity contribution in [3.8, 4) is 183 Å². The zero-order chi connectivity index (χ0) is 60.5. The number of phenols is 26. The summed E-state index contributed by atoms with van der Waals surface area (Å²) in [5.74, 6) is -46.7. The SMILES string of the molecule is CC1(O)C(O)=C(O)c2c(c(-c3c(O)c(O)c(-c4c(O)c(O)c5c(O)c(O)c6c(O)c(O)c(O)c(O)c6c5c4O)c(O)c3O)c3c(O)c(O)c(O)c(O)c3c2-c2c(O)c(O)c3oc4c(O)c(O)c5c(O)c(O)c(O)c(O)c5c4c3c2O)C1O. The Morgan fingerprint density at radius 3 is 0.951 bits per heavy atom. The third-order valence-corrected chi connectivity index (χ3v) is 14.7. The molecule has 0 bridgehead atoms. The van der Waals surface area contributed by atoms with E-state index in [1.54, 1.807) is 0 Å². The number of aliphatic hydroxyl groups is 4. The van der Waals surface area contributed by atoms with Crippen molar-refractivity contribution in [2.24, 2.45) is 0 Å². The number of hydrogen-bond donors (Lipinski definition) is 30. The maximum atomic E-state index is 12.5. The van der Waals surface area contributed by atoms with Gasteiger partial charge in [0.05, 0.1) is 43.8 Å². The molecule has 0 spiro atoms. The summed E-state index contributed by atoms with van der Waals surface area (Å²) in [4.78, 5) is 0. The summed E-state index contributed by atoms with van der Waals surface area (Å²) >= 11 is 0. The summed E-state index contributed by atoms with van der Waals surface area (Å²) in [6.07, 6.45) is -3.00. The number of rotatable bonds is 3. The average molecular weight is 1140 g/mol. The van der Waals surface area contributed by atoms with Crippen molar-refractivity contribution in [2.45, 2.75) is 18.6 Å². The number of phenolic OH excluding ortho intramolecular Hbond substituents is 26. The predicted octanol–water partition coefficient (Wildman–Crippen LogP) is 5.13. The molecule has 2 unspecified atom stereocenters. The van der Waals surface area contributed by atoms with Crippen molar-refractivity contribution in [1.82, 2.24) is 0 Å². The second kappa shape index (κ2) is 15.8. The lowest BCUT2D eigenvalue weighted by Gasteiger charge is -2.38. The van der Waals surface area contributed by atoms with Gasteiger partial charge < -0.3 is 158 Å². The molecule has 11 rings (SSSR count). The first kappa shape index (κ1) is 52.0.